The molecule has 0 bridgehead atoms. The zero-order chi connectivity index (χ0) is 18.9. The van der Waals surface area contributed by atoms with Gasteiger partial charge in [-0.1, -0.05) is 66.7 Å². The lowest BCUT2D eigenvalue weighted by atomic mass is 9.95. The van der Waals surface area contributed by atoms with Crippen molar-refractivity contribution < 1.29 is 19.4 Å². The first-order valence-electron chi connectivity index (χ1n) is 8.87. The molecule has 0 saturated heterocycles. The largest absolute Gasteiger partial charge is 0.491 e. The Morgan fingerprint density at radius 1 is 0.852 bits per heavy atom. The second kappa shape index (κ2) is 9.55. The van der Waals surface area contributed by atoms with Crippen LogP contribution in [0.1, 0.15) is 11.1 Å². The normalized spacial score (nSPS) is 10.5. The molecule has 3 aromatic rings. The monoisotopic (exact) mass is 362 g/mol. The molecule has 0 unspecified atom stereocenters. The lowest BCUT2D eigenvalue weighted by Crippen LogP contribution is -2.12. The molecule has 4 heteroatoms. The summed E-state index contributed by atoms with van der Waals surface area (Å²) in [5.74, 6) is -0.230. The standard InChI is InChI=1S/C23H22O4/c24-23(25)17-26-13-14-27-21-11-12-22(19-9-5-2-6-10-19)20(16-21)15-18-7-3-1-4-8-18/h1-12,16H,13-15,17H2,(H,24,25). The highest BCUT2D eigenvalue weighted by molar-refractivity contribution is 5.69. The van der Waals surface area contributed by atoms with Gasteiger partial charge >= 0.3 is 5.97 Å². The molecule has 0 aliphatic rings. The number of carboxylic acids is 1. The van der Waals surface area contributed by atoms with Gasteiger partial charge in [0.05, 0.1) is 6.61 Å². The Balaban J connectivity index is 1.77. The van der Waals surface area contributed by atoms with Crippen LogP contribution in [-0.2, 0) is 16.0 Å². The van der Waals surface area contributed by atoms with E-state index in [1.165, 1.54) is 22.3 Å². The molecule has 27 heavy (non-hydrogen) atoms. The van der Waals surface area contributed by atoms with Gasteiger partial charge in [-0.15, -0.1) is 0 Å². The molecule has 0 spiro atoms. The van der Waals surface area contributed by atoms with Gasteiger partial charge in [0, 0.05) is 0 Å². The van der Waals surface area contributed by atoms with E-state index in [9.17, 15) is 4.79 Å². The first-order valence-corrected chi connectivity index (χ1v) is 8.87. The van der Waals surface area contributed by atoms with Crippen molar-refractivity contribution in [3.8, 4) is 16.9 Å². The van der Waals surface area contributed by atoms with Gasteiger partial charge in [0.25, 0.3) is 0 Å². The first-order chi connectivity index (χ1) is 13.2. The number of aliphatic carboxylic acids is 1. The number of carboxylic acid groups (broad SMARTS) is 1. The minimum Gasteiger partial charge on any atom is -0.491 e. The van der Waals surface area contributed by atoms with Gasteiger partial charge in [0.1, 0.15) is 19.0 Å². The van der Waals surface area contributed by atoms with Gasteiger partial charge in [-0.25, -0.2) is 4.79 Å². The van der Waals surface area contributed by atoms with Crippen molar-refractivity contribution >= 4 is 5.97 Å². The Bertz CT molecular complexity index is 860. The molecule has 138 valence electrons. The van der Waals surface area contributed by atoms with Crippen LogP contribution >= 0.6 is 0 Å². The lowest BCUT2D eigenvalue weighted by molar-refractivity contribution is -0.142. The van der Waals surface area contributed by atoms with E-state index in [2.05, 4.69) is 30.3 Å². The van der Waals surface area contributed by atoms with E-state index < -0.39 is 5.97 Å². The smallest absolute Gasteiger partial charge is 0.329 e. The number of hydrogen-bond donors (Lipinski definition) is 1. The Morgan fingerprint density at radius 2 is 1.56 bits per heavy atom. The molecule has 0 heterocycles. The van der Waals surface area contributed by atoms with Crippen LogP contribution in [0.4, 0.5) is 0 Å². The summed E-state index contributed by atoms with van der Waals surface area (Å²) in [6.45, 7) is 0.235. The molecular formula is C23H22O4. The molecule has 0 amide bonds. The van der Waals surface area contributed by atoms with Crippen LogP contribution in [0.3, 0.4) is 0 Å². The molecule has 0 saturated carbocycles. The third kappa shape index (κ3) is 5.69. The lowest BCUT2D eigenvalue weighted by Gasteiger charge is -2.13. The van der Waals surface area contributed by atoms with E-state index in [1.807, 2.05) is 48.5 Å². The first kappa shape index (κ1) is 18.7. The zero-order valence-electron chi connectivity index (χ0n) is 15.0. The highest BCUT2D eigenvalue weighted by atomic mass is 16.5. The van der Waals surface area contributed by atoms with Gasteiger partial charge in [0.15, 0.2) is 0 Å². The second-order valence-corrected chi connectivity index (χ2v) is 6.14. The molecule has 0 radical (unpaired) electrons. The van der Waals surface area contributed by atoms with Crippen LogP contribution < -0.4 is 4.74 Å². The summed E-state index contributed by atoms with van der Waals surface area (Å²) in [5, 5.41) is 8.58. The van der Waals surface area contributed by atoms with Crippen molar-refractivity contribution in [3.05, 3.63) is 90.0 Å². The summed E-state index contributed by atoms with van der Waals surface area (Å²) >= 11 is 0. The van der Waals surface area contributed by atoms with Crippen LogP contribution in [0.2, 0.25) is 0 Å². The van der Waals surface area contributed by atoms with E-state index in [1.54, 1.807) is 0 Å². The number of hydrogen-bond acceptors (Lipinski definition) is 3. The van der Waals surface area contributed by atoms with Gasteiger partial charge in [-0.3, -0.25) is 0 Å². The maximum atomic E-state index is 10.5. The topological polar surface area (TPSA) is 55.8 Å². The summed E-state index contributed by atoms with van der Waals surface area (Å²) in [5.41, 5.74) is 4.75. The van der Waals surface area contributed by atoms with Crippen LogP contribution in [0, 0.1) is 0 Å². The molecule has 0 aromatic heterocycles. The minimum atomic E-state index is -0.979. The van der Waals surface area contributed by atoms with E-state index in [-0.39, 0.29) is 13.2 Å². The van der Waals surface area contributed by atoms with Crippen LogP contribution in [-0.4, -0.2) is 30.9 Å². The number of carbonyl (C=O) groups is 1. The maximum Gasteiger partial charge on any atom is 0.329 e. The summed E-state index contributed by atoms with van der Waals surface area (Å²) < 4.78 is 10.8. The van der Waals surface area contributed by atoms with E-state index in [0.29, 0.717) is 6.61 Å². The number of benzene rings is 3. The SMILES string of the molecule is O=C(O)COCCOc1ccc(-c2ccccc2)c(Cc2ccccc2)c1. The molecule has 3 rings (SSSR count). The van der Waals surface area contributed by atoms with Crippen LogP contribution in [0.15, 0.2) is 78.9 Å². The molecule has 0 aliphatic heterocycles. The summed E-state index contributed by atoms with van der Waals surface area (Å²) in [6, 6.07) is 26.7. The predicted molar refractivity (Wildman–Crippen MR) is 105 cm³/mol. The van der Waals surface area contributed by atoms with Gasteiger partial charge in [-0.05, 0) is 40.8 Å². The fraction of sp³-hybridized carbons (Fsp3) is 0.174. The predicted octanol–water partition coefficient (Wildman–Crippen LogP) is 4.42. The fourth-order valence-electron chi connectivity index (χ4n) is 2.90. The average molecular weight is 362 g/mol. The third-order valence-corrected chi connectivity index (χ3v) is 4.12. The molecule has 0 aliphatic carbocycles. The number of ether oxygens (including phenoxy) is 2. The molecular weight excluding hydrogens is 340 g/mol. The summed E-state index contributed by atoms with van der Waals surface area (Å²) in [7, 11) is 0. The van der Waals surface area contributed by atoms with Crippen molar-refractivity contribution in [2.24, 2.45) is 0 Å². The summed E-state index contributed by atoms with van der Waals surface area (Å²) in [6.07, 6.45) is 0.803. The van der Waals surface area contributed by atoms with Crippen molar-refractivity contribution in [2.45, 2.75) is 6.42 Å². The van der Waals surface area contributed by atoms with Crippen molar-refractivity contribution in [1.82, 2.24) is 0 Å². The highest BCUT2D eigenvalue weighted by Crippen LogP contribution is 2.29. The van der Waals surface area contributed by atoms with Crippen molar-refractivity contribution in [2.75, 3.05) is 19.8 Å². The highest BCUT2D eigenvalue weighted by Gasteiger charge is 2.08. The summed E-state index contributed by atoms with van der Waals surface area (Å²) in [4.78, 5) is 10.5. The van der Waals surface area contributed by atoms with Gasteiger partial charge < -0.3 is 14.6 Å². The number of rotatable bonds is 9. The van der Waals surface area contributed by atoms with Crippen LogP contribution in [0.25, 0.3) is 11.1 Å². The third-order valence-electron chi connectivity index (χ3n) is 4.12. The molecule has 0 fully saturated rings. The van der Waals surface area contributed by atoms with E-state index in [0.717, 1.165) is 12.2 Å². The Morgan fingerprint density at radius 3 is 2.26 bits per heavy atom. The molecule has 3 aromatic carbocycles. The van der Waals surface area contributed by atoms with Crippen LogP contribution in [0.5, 0.6) is 5.75 Å². The molecule has 1 N–H and O–H groups in total. The molecule has 0 atom stereocenters. The Hall–Kier alpha value is -3.11. The maximum absolute atomic E-state index is 10.5. The molecule has 4 nitrogen and oxygen atoms in total. The van der Waals surface area contributed by atoms with Gasteiger partial charge in [0.2, 0.25) is 0 Å². The fourth-order valence-corrected chi connectivity index (χ4v) is 2.90. The van der Waals surface area contributed by atoms with Gasteiger partial charge in [-0.2, -0.15) is 0 Å². The zero-order valence-corrected chi connectivity index (χ0v) is 15.0. The van der Waals surface area contributed by atoms with E-state index in [4.69, 9.17) is 14.6 Å². The Kier molecular flexibility index (Phi) is 6.61. The van der Waals surface area contributed by atoms with E-state index >= 15 is 0 Å². The minimum absolute atomic E-state index is 0.237. The average Bonchev–Trinajstić information content (AvgIpc) is 2.69. The van der Waals surface area contributed by atoms with Crippen molar-refractivity contribution in [1.29, 1.82) is 0 Å². The Labute approximate surface area is 159 Å². The second-order valence-electron chi connectivity index (χ2n) is 6.14. The quantitative estimate of drug-likeness (QED) is 0.572. The van der Waals surface area contributed by atoms with Crippen molar-refractivity contribution in [3.63, 3.8) is 0 Å².